The Morgan fingerprint density at radius 2 is 1.00 bits per heavy atom. The minimum absolute atomic E-state index is 0.0514. The summed E-state index contributed by atoms with van der Waals surface area (Å²) in [5.41, 5.74) is 4.96. The van der Waals surface area contributed by atoms with Gasteiger partial charge in [-0.15, -0.1) is 0 Å². The Hall–Kier alpha value is -7.57. The maximum absolute atomic E-state index is 12.6. The van der Waals surface area contributed by atoms with Gasteiger partial charge < -0.3 is 30.3 Å². The van der Waals surface area contributed by atoms with E-state index in [0.29, 0.717) is 22.3 Å². The lowest BCUT2D eigenvalue weighted by Gasteiger charge is -2.27. The molecule has 1 aliphatic heterocycles. The van der Waals surface area contributed by atoms with Gasteiger partial charge in [-0.1, -0.05) is 127 Å². The number of hydrogen-bond acceptors (Lipinski definition) is 6. The molecular formula is C52H32B2O6. The highest BCUT2D eigenvalue weighted by molar-refractivity contribution is 6.49. The average molecular weight is 774 g/mol. The van der Waals surface area contributed by atoms with Crippen LogP contribution in [0.2, 0.25) is 0 Å². The minimum Gasteiger partial charge on any atom is -0.508 e. The van der Waals surface area contributed by atoms with Gasteiger partial charge in [-0.3, -0.25) is 0 Å². The number of phenolic OH excluding ortho intramolecular Hbond substituents is 5. The normalized spacial score (nSPS) is 15.6. The van der Waals surface area contributed by atoms with Gasteiger partial charge in [0.1, 0.15) is 39.0 Å². The summed E-state index contributed by atoms with van der Waals surface area (Å²) >= 11 is 0. The molecule has 0 bridgehead atoms. The number of fused-ring (bicyclic) bond motifs is 7. The molecule has 60 heavy (non-hydrogen) atoms. The summed E-state index contributed by atoms with van der Waals surface area (Å²) in [4.78, 5) is 0. The number of rotatable bonds is 4. The fourth-order valence-corrected chi connectivity index (χ4v) is 9.34. The van der Waals surface area contributed by atoms with Crippen molar-refractivity contribution in [1.82, 2.24) is 0 Å². The number of allylic oxidation sites excluding steroid dienone is 2. The SMILES string of the molecule is [B]c1c(O)c(O)c(O)c2c(-c3ccc(-c4ccc5ccccc5c4)cc3)c3c(O)c(-c4ccccc4)c(O)c([B])c3c(C3=CC4c5cc6ccccc6cc5OC4C=C3)c12. The van der Waals surface area contributed by atoms with Gasteiger partial charge in [0.25, 0.3) is 0 Å². The van der Waals surface area contributed by atoms with E-state index in [9.17, 15) is 25.5 Å². The first-order valence-corrected chi connectivity index (χ1v) is 19.6. The number of benzene rings is 9. The van der Waals surface area contributed by atoms with Crippen LogP contribution in [0.25, 0.3) is 82.0 Å². The van der Waals surface area contributed by atoms with Crippen molar-refractivity contribution in [1.29, 1.82) is 0 Å². The first-order chi connectivity index (χ1) is 29.2. The van der Waals surface area contributed by atoms with Crippen LogP contribution in [0.4, 0.5) is 0 Å². The van der Waals surface area contributed by atoms with Gasteiger partial charge >= 0.3 is 0 Å². The van der Waals surface area contributed by atoms with Gasteiger partial charge in [0, 0.05) is 27.8 Å². The lowest BCUT2D eigenvalue weighted by Crippen LogP contribution is -2.19. The number of hydrogen-bond donors (Lipinski definition) is 5. The third kappa shape index (κ3) is 5.17. The largest absolute Gasteiger partial charge is 0.508 e. The summed E-state index contributed by atoms with van der Waals surface area (Å²) in [6.07, 6.45) is 5.49. The van der Waals surface area contributed by atoms with E-state index in [-0.39, 0.29) is 67.1 Å². The third-order valence-electron chi connectivity index (χ3n) is 12.2. The first-order valence-electron chi connectivity index (χ1n) is 19.6. The predicted octanol–water partition coefficient (Wildman–Crippen LogP) is 9.91. The van der Waals surface area contributed by atoms with Crippen molar-refractivity contribution in [2.24, 2.45) is 0 Å². The van der Waals surface area contributed by atoms with Crippen LogP contribution in [0.5, 0.6) is 34.5 Å². The second-order valence-corrected chi connectivity index (χ2v) is 15.5. The van der Waals surface area contributed by atoms with Crippen molar-refractivity contribution < 1.29 is 30.3 Å². The van der Waals surface area contributed by atoms with Crippen LogP contribution >= 0.6 is 0 Å². The van der Waals surface area contributed by atoms with E-state index < -0.39 is 17.2 Å². The number of phenols is 5. The molecule has 0 fully saturated rings. The zero-order valence-electron chi connectivity index (χ0n) is 31.9. The first kappa shape index (κ1) is 35.6. The Labute approximate surface area is 347 Å². The Morgan fingerprint density at radius 3 is 1.72 bits per heavy atom. The molecule has 0 saturated heterocycles. The van der Waals surface area contributed by atoms with Crippen molar-refractivity contribution in [3.63, 3.8) is 0 Å². The van der Waals surface area contributed by atoms with Gasteiger partial charge in [0.2, 0.25) is 0 Å². The summed E-state index contributed by atoms with van der Waals surface area (Å²) in [7, 11) is 13.9. The summed E-state index contributed by atoms with van der Waals surface area (Å²) in [6, 6.07) is 43.1. The molecule has 11 rings (SSSR count). The van der Waals surface area contributed by atoms with Crippen LogP contribution in [0.15, 0.2) is 152 Å². The zero-order chi connectivity index (χ0) is 41.0. The van der Waals surface area contributed by atoms with Crippen LogP contribution in [-0.4, -0.2) is 47.3 Å². The molecule has 9 aromatic rings. The molecule has 2 unspecified atom stereocenters. The van der Waals surface area contributed by atoms with Crippen molar-refractivity contribution in [2.45, 2.75) is 12.0 Å². The van der Waals surface area contributed by atoms with Gasteiger partial charge in [0.15, 0.2) is 17.2 Å². The van der Waals surface area contributed by atoms with Gasteiger partial charge in [-0.05, 0) is 101 Å². The summed E-state index contributed by atoms with van der Waals surface area (Å²) in [5, 5.41) is 64.3. The molecule has 0 saturated carbocycles. The Balaban J connectivity index is 1.23. The Kier molecular flexibility index (Phi) is 7.85. The fourth-order valence-electron chi connectivity index (χ4n) is 9.34. The standard InChI is InChI=1S/C52H32B2O6/c53-46-42-40(34-20-21-37-35(24-34)36-23-31-12-6-7-13-32(31)25-38(36)60-37)43-45(50(57)52(59)51(58)47(43)54)39(44(42)48(55)41(49(46)56)28-9-2-1-3-10-28)29-17-14-27(15-18-29)33-19-16-26-8-4-5-11-30(26)22-33/h1-25,35,37,55-59H. The molecule has 6 nitrogen and oxygen atoms in total. The third-order valence-corrected chi connectivity index (χ3v) is 12.2. The minimum atomic E-state index is -0.813. The van der Waals surface area contributed by atoms with E-state index in [1.165, 1.54) is 0 Å². The summed E-state index contributed by atoms with van der Waals surface area (Å²) < 4.78 is 6.45. The molecule has 1 heterocycles. The Bertz CT molecular complexity index is 3370. The molecular weight excluding hydrogens is 742 g/mol. The maximum Gasteiger partial charge on any atom is 0.200 e. The van der Waals surface area contributed by atoms with Crippen LogP contribution < -0.4 is 15.7 Å². The Morgan fingerprint density at radius 1 is 0.433 bits per heavy atom. The summed E-state index contributed by atoms with van der Waals surface area (Å²) in [5.74, 6) is -2.33. The fraction of sp³-hybridized carbons (Fsp3) is 0.0385. The predicted molar refractivity (Wildman–Crippen MR) is 243 cm³/mol. The zero-order valence-corrected chi connectivity index (χ0v) is 31.9. The lowest BCUT2D eigenvalue weighted by molar-refractivity contribution is 0.269. The number of ether oxygens (including phenoxy) is 1. The molecule has 1 aliphatic carbocycles. The smallest absolute Gasteiger partial charge is 0.200 e. The van der Waals surface area contributed by atoms with E-state index in [0.717, 1.165) is 44.0 Å². The molecule has 0 amide bonds. The second-order valence-electron chi connectivity index (χ2n) is 15.5. The highest BCUT2D eigenvalue weighted by atomic mass is 16.5. The van der Waals surface area contributed by atoms with Gasteiger partial charge in [0.05, 0.1) is 5.56 Å². The van der Waals surface area contributed by atoms with Crippen LogP contribution in [-0.2, 0) is 0 Å². The molecule has 9 aromatic carbocycles. The van der Waals surface area contributed by atoms with E-state index in [4.69, 9.17) is 20.4 Å². The quantitative estimate of drug-likeness (QED) is 0.0692. The van der Waals surface area contributed by atoms with Crippen molar-refractivity contribution in [3.05, 3.63) is 163 Å². The molecule has 0 spiro atoms. The van der Waals surface area contributed by atoms with E-state index in [2.05, 4.69) is 42.5 Å². The highest BCUT2D eigenvalue weighted by Gasteiger charge is 2.36. The lowest BCUT2D eigenvalue weighted by atomic mass is 9.73. The van der Waals surface area contributed by atoms with Crippen LogP contribution in [0.3, 0.4) is 0 Å². The highest BCUT2D eigenvalue weighted by Crippen LogP contribution is 2.55. The molecule has 0 aromatic heterocycles. The molecule has 4 radical (unpaired) electrons. The topological polar surface area (TPSA) is 110 Å². The molecule has 8 heteroatoms. The van der Waals surface area contributed by atoms with Crippen LogP contribution in [0, 0.1) is 0 Å². The van der Waals surface area contributed by atoms with Crippen molar-refractivity contribution in [2.75, 3.05) is 0 Å². The van der Waals surface area contributed by atoms with Crippen molar-refractivity contribution >= 4 is 75.3 Å². The van der Waals surface area contributed by atoms with E-state index in [1.807, 2.05) is 85.0 Å². The van der Waals surface area contributed by atoms with Gasteiger partial charge in [-0.2, -0.15) is 0 Å². The summed E-state index contributed by atoms with van der Waals surface area (Å²) in [6.45, 7) is 0. The second kappa shape index (κ2) is 13.2. The van der Waals surface area contributed by atoms with E-state index in [1.54, 1.807) is 24.3 Å². The molecule has 5 N–H and O–H groups in total. The number of aromatic hydroxyl groups is 5. The molecule has 2 aliphatic rings. The van der Waals surface area contributed by atoms with Crippen LogP contribution in [0.1, 0.15) is 17.0 Å². The molecule has 282 valence electrons. The molecule has 2 atom stereocenters. The van der Waals surface area contributed by atoms with Gasteiger partial charge in [-0.25, -0.2) is 0 Å². The van der Waals surface area contributed by atoms with E-state index >= 15 is 0 Å². The monoisotopic (exact) mass is 774 g/mol. The van der Waals surface area contributed by atoms with Crippen molar-refractivity contribution in [3.8, 4) is 67.9 Å². The average Bonchev–Trinajstić information content (AvgIpc) is 3.64. The maximum atomic E-state index is 12.6.